The van der Waals surface area contributed by atoms with Crippen LogP contribution in [0.1, 0.15) is 23.6 Å². The maximum Gasteiger partial charge on any atom is 0.271 e. The lowest BCUT2D eigenvalue weighted by Crippen LogP contribution is -2.35. The molecule has 8 heteroatoms. The van der Waals surface area contributed by atoms with Gasteiger partial charge in [0.1, 0.15) is 12.4 Å². The molecule has 0 saturated heterocycles. The lowest BCUT2D eigenvalue weighted by atomic mass is 10.2. The second-order valence-electron chi connectivity index (χ2n) is 8.87. The summed E-state index contributed by atoms with van der Waals surface area (Å²) in [5.41, 5.74) is 2.75. The number of hydrogen-bond acceptors (Lipinski definition) is 6. The SMILES string of the molecule is CCOc1ccc(N(C(=O)/C=C/c2ccc(OCc3ccccc3)c(OC)c2)S(=O)(=O)c2ccc(C)cc2)cc1. The summed E-state index contributed by atoms with van der Waals surface area (Å²) in [5, 5.41) is 0. The van der Waals surface area contributed by atoms with Gasteiger partial charge in [0, 0.05) is 6.08 Å². The van der Waals surface area contributed by atoms with Gasteiger partial charge in [0.15, 0.2) is 11.5 Å². The van der Waals surface area contributed by atoms with E-state index < -0.39 is 15.9 Å². The number of sulfonamides is 1. The summed E-state index contributed by atoms with van der Waals surface area (Å²) in [6.07, 6.45) is 2.76. The summed E-state index contributed by atoms with van der Waals surface area (Å²) in [6, 6.07) is 27.7. The van der Waals surface area contributed by atoms with Gasteiger partial charge in [-0.3, -0.25) is 4.79 Å². The number of hydrogen-bond donors (Lipinski definition) is 0. The Balaban J connectivity index is 1.61. The fourth-order valence-corrected chi connectivity index (χ4v) is 5.31. The van der Waals surface area contributed by atoms with Gasteiger partial charge in [-0.2, -0.15) is 4.31 Å². The quantitative estimate of drug-likeness (QED) is 0.198. The molecule has 0 bridgehead atoms. The Morgan fingerprint density at radius 3 is 2.20 bits per heavy atom. The van der Waals surface area contributed by atoms with Crippen LogP contribution >= 0.6 is 0 Å². The Labute approximate surface area is 235 Å². The lowest BCUT2D eigenvalue weighted by molar-refractivity contribution is -0.113. The zero-order chi connectivity index (χ0) is 28.5. The molecule has 0 aromatic heterocycles. The highest BCUT2D eigenvalue weighted by Gasteiger charge is 2.29. The van der Waals surface area contributed by atoms with E-state index in [0.29, 0.717) is 36.0 Å². The summed E-state index contributed by atoms with van der Waals surface area (Å²) < 4.78 is 44.9. The molecule has 0 atom stereocenters. The maximum atomic E-state index is 13.6. The molecule has 0 N–H and O–H groups in total. The Bertz CT molecular complexity index is 1560. The van der Waals surface area contributed by atoms with E-state index in [4.69, 9.17) is 14.2 Å². The minimum atomic E-state index is -4.21. The minimum Gasteiger partial charge on any atom is -0.494 e. The topological polar surface area (TPSA) is 82.1 Å². The highest BCUT2D eigenvalue weighted by Crippen LogP contribution is 2.30. The summed E-state index contributed by atoms with van der Waals surface area (Å²) >= 11 is 0. The number of aryl methyl sites for hydroxylation is 1. The van der Waals surface area contributed by atoms with E-state index in [1.165, 1.54) is 31.4 Å². The first-order valence-corrected chi connectivity index (χ1v) is 14.2. The molecule has 4 aromatic rings. The van der Waals surface area contributed by atoms with Gasteiger partial charge in [-0.25, -0.2) is 8.42 Å². The summed E-state index contributed by atoms with van der Waals surface area (Å²) in [4.78, 5) is 13.5. The molecule has 0 saturated carbocycles. The molecular weight excluding hydrogens is 526 g/mol. The minimum absolute atomic E-state index is 0.00956. The number of amides is 1. The Hall–Kier alpha value is -4.56. The van der Waals surface area contributed by atoms with Crippen LogP contribution in [0.25, 0.3) is 6.08 Å². The average Bonchev–Trinajstić information content (AvgIpc) is 2.97. The van der Waals surface area contributed by atoms with E-state index in [2.05, 4.69) is 0 Å². The van der Waals surface area contributed by atoms with E-state index in [9.17, 15) is 13.2 Å². The Morgan fingerprint density at radius 1 is 0.850 bits per heavy atom. The van der Waals surface area contributed by atoms with Crippen molar-refractivity contribution in [3.8, 4) is 17.2 Å². The maximum absolute atomic E-state index is 13.6. The van der Waals surface area contributed by atoms with E-state index in [1.807, 2.05) is 44.2 Å². The molecule has 0 aliphatic rings. The van der Waals surface area contributed by atoms with Gasteiger partial charge in [-0.05, 0) is 79.6 Å². The molecule has 206 valence electrons. The second-order valence-corrected chi connectivity index (χ2v) is 10.7. The van der Waals surface area contributed by atoms with Crippen molar-refractivity contribution in [3.63, 3.8) is 0 Å². The van der Waals surface area contributed by atoms with Gasteiger partial charge >= 0.3 is 0 Å². The van der Waals surface area contributed by atoms with E-state index in [1.54, 1.807) is 54.6 Å². The monoisotopic (exact) mass is 557 g/mol. The van der Waals surface area contributed by atoms with Crippen LogP contribution in [0, 0.1) is 6.92 Å². The number of rotatable bonds is 11. The van der Waals surface area contributed by atoms with Gasteiger partial charge in [-0.1, -0.05) is 54.1 Å². The van der Waals surface area contributed by atoms with Crippen LogP contribution in [0.2, 0.25) is 0 Å². The molecule has 4 aromatic carbocycles. The molecule has 7 nitrogen and oxygen atoms in total. The normalized spacial score (nSPS) is 11.3. The van der Waals surface area contributed by atoms with Crippen molar-refractivity contribution in [2.45, 2.75) is 25.3 Å². The third-order valence-corrected chi connectivity index (χ3v) is 7.72. The van der Waals surface area contributed by atoms with Crippen LogP contribution < -0.4 is 18.5 Å². The van der Waals surface area contributed by atoms with Crippen molar-refractivity contribution in [3.05, 3.63) is 120 Å². The third-order valence-electron chi connectivity index (χ3n) is 5.98. The highest BCUT2D eigenvalue weighted by atomic mass is 32.2. The number of nitrogens with zero attached hydrogens (tertiary/aromatic N) is 1. The molecule has 1 amide bonds. The molecule has 0 aliphatic carbocycles. The van der Waals surface area contributed by atoms with Crippen LogP contribution in [0.15, 0.2) is 108 Å². The van der Waals surface area contributed by atoms with Gasteiger partial charge < -0.3 is 14.2 Å². The largest absolute Gasteiger partial charge is 0.494 e. The number of anilines is 1. The van der Waals surface area contributed by atoms with Crippen LogP contribution in [0.3, 0.4) is 0 Å². The van der Waals surface area contributed by atoms with E-state index >= 15 is 0 Å². The zero-order valence-electron chi connectivity index (χ0n) is 22.6. The molecule has 40 heavy (non-hydrogen) atoms. The molecule has 4 rings (SSSR count). The smallest absolute Gasteiger partial charge is 0.271 e. The first-order chi connectivity index (χ1) is 19.3. The molecule has 0 unspecified atom stereocenters. The van der Waals surface area contributed by atoms with Gasteiger partial charge in [0.2, 0.25) is 0 Å². The first-order valence-electron chi connectivity index (χ1n) is 12.7. The molecule has 0 spiro atoms. The summed E-state index contributed by atoms with van der Waals surface area (Å²) in [5.74, 6) is 0.880. The van der Waals surface area contributed by atoms with Crippen molar-refractivity contribution in [1.29, 1.82) is 0 Å². The second kappa shape index (κ2) is 13.0. The first kappa shape index (κ1) is 28.4. The van der Waals surface area contributed by atoms with Crippen molar-refractivity contribution in [1.82, 2.24) is 0 Å². The van der Waals surface area contributed by atoms with Crippen molar-refractivity contribution >= 4 is 27.7 Å². The van der Waals surface area contributed by atoms with Gasteiger partial charge in [-0.15, -0.1) is 0 Å². The van der Waals surface area contributed by atoms with Crippen molar-refractivity contribution in [2.75, 3.05) is 18.0 Å². The number of carbonyl (C=O) groups excluding carboxylic acids is 1. The molecule has 0 fully saturated rings. The Kier molecular flexibility index (Phi) is 9.24. The highest BCUT2D eigenvalue weighted by molar-refractivity contribution is 7.93. The molecular formula is C32H31NO6S. The fourth-order valence-electron chi connectivity index (χ4n) is 3.92. The predicted molar refractivity (Wildman–Crippen MR) is 156 cm³/mol. The standard InChI is InChI=1S/C32H31NO6S/c1-4-38-28-16-14-27(15-17-28)33(40(35,36)29-18-10-24(2)11-19-29)32(34)21-13-25-12-20-30(31(22-25)37-3)39-23-26-8-6-5-7-9-26/h5-22H,4,23H2,1-3H3/b21-13+. The zero-order valence-corrected chi connectivity index (χ0v) is 23.4. The average molecular weight is 558 g/mol. The number of methoxy groups -OCH3 is 1. The number of ether oxygens (including phenoxy) is 3. The summed E-state index contributed by atoms with van der Waals surface area (Å²) in [6.45, 7) is 4.55. The predicted octanol–water partition coefficient (Wildman–Crippen LogP) is 6.42. The Morgan fingerprint density at radius 2 is 1.55 bits per heavy atom. The summed E-state index contributed by atoms with van der Waals surface area (Å²) in [7, 11) is -2.67. The number of carbonyl (C=O) groups is 1. The molecule has 0 radical (unpaired) electrons. The van der Waals surface area contributed by atoms with Crippen LogP contribution in [-0.4, -0.2) is 28.0 Å². The van der Waals surface area contributed by atoms with E-state index in [0.717, 1.165) is 15.4 Å². The molecule has 0 aliphatic heterocycles. The molecule has 0 heterocycles. The van der Waals surface area contributed by atoms with Crippen LogP contribution in [0.4, 0.5) is 5.69 Å². The van der Waals surface area contributed by atoms with E-state index in [-0.39, 0.29) is 10.6 Å². The van der Waals surface area contributed by atoms with Crippen LogP contribution in [-0.2, 0) is 21.4 Å². The van der Waals surface area contributed by atoms with Crippen molar-refractivity contribution in [2.24, 2.45) is 0 Å². The lowest BCUT2D eigenvalue weighted by Gasteiger charge is -2.22. The van der Waals surface area contributed by atoms with Gasteiger partial charge in [0.25, 0.3) is 15.9 Å². The van der Waals surface area contributed by atoms with Crippen molar-refractivity contribution < 1.29 is 27.4 Å². The fraction of sp³-hybridized carbons (Fsp3) is 0.156. The number of benzene rings is 4. The third kappa shape index (κ3) is 6.90. The van der Waals surface area contributed by atoms with Gasteiger partial charge in [0.05, 0.1) is 24.3 Å². The van der Waals surface area contributed by atoms with Crippen LogP contribution in [0.5, 0.6) is 17.2 Å².